The molecule has 0 unspecified atom stereocenters. The van der Waals surface area contributed by atoms with Crippen molar-refractivity contribution in [2.75, 3.05) is 62.3 Å². The van der Waals surface area contributed by atoms with Gasteiger partial charge in [0.2, 0.25) is 5.95 Å². The van der Waals surface area contributed by atoms with Crippen LogP contribution in [0.5, 0.6) is 0 Å². The Morgan fingerprint density at radius 1 is 1.00 bits per heavy atom. The maximum Gasteiger partial charge on any atom is 0.257 e. The van der Waals surface area contributed by atoms with Crippen molar-refractivity contribution in [2.45, 2.75) is 6.92 Å². The van der Waals surface area contributed by atoms with Crippen molar-refractivity contribution in [1.29, 1.82) is 0 Å². The van der Waals surface area contributed by atoms with Crippen LogP contribution in [0.15, 0.2) is 30.5 Å². The second kappa shape index (κ2) is 8.32. The van der Waals surface area contributed by atoms with E-state index in [1.165, 1.54) is 0 Å². The number of rotatable bonds is 3. The number of hydrogen-bond donors (Lipinski definition) is 0. The van der Waals surface area contributed by atoms with Gasteiger partial charge in [-0.1, -0.05) is 11.6 Å². The van der Waals surface area contributed by atoms with Crippen LogP contribution in [0.25, 0.3) is 0 Å². The van der Waals surface area contributed by atoms with Crippen LogP contribution in [0.2, 0.25) is 5.02 Å². The largest absolute Gasteiger partial charge is 0.378 e. The van der Waals surface area contributed by atoms with Crippen molar-refractivity contribution in [3.8, 4) is 0 Å². The Kier molecular flexibility index (Phi) is 5.64. The van der Waals surface area contributed by atoms with Gasteiger partial charge in [-0.05, 0) is 31.2 Å². The van der Waals surface area contributed by atoms with Gasteiger partial charge in [0.15, 0.2) is 0 Å². The Hall–Kier alpha value is -2.38. The predicted molar refractivity (Wildman–Crippen MR) is 109 cm³/mol. The van der Waals surface area contributed by atoms with Crippen LogP contribution in [0, 0.1) is 6.92 Å². The number of anilines is 2. The number of aromatic nitrogens is 2. The first-order valence-corrected chi connectivity index (χ1v) is 9.96. The Morgan fingerprint density at radius 2 is 1.68 bits per heavy atom. The number of ether oxygens (including phenoxy) is 1. The number of aryl methyl sites for hydroxylation is 1. The minimum Gasteiger partial charge on any atom is -0.378 e. The molecule has 148 valence electrons. The third-order valence-corrected chi connectivity index (χ3v) is 5.50. The second-order valence-electron chi connectivity index (χ2n) is 7.02. The summed E-state index contributed by atoms with van der Waals surface area (Å²) in [6.07, 6.45) is 1.67. The average Bonchev–Trinajstić information content (AvgIpc) is 2.74. The van der Waals surface area contributed by atoms with Crippen LogP contribution in [-0.4, -0.2) is 73.3 Å². The van der Waals surface area contributed by atoms with Crippen molar-refractivity contribution >= 4 is 29.1 Å². The molecule has 4 rings (SSSR count). The number of carbonyl (C=O) groups is 1. The van der Waals surface area contributed by atoms with Crippen molar-refractivity contribution in [3.05, 3.63) is 46.7 Å². The molecule has 7 nitrogen and oxygen atoms in total. The SMILES string of the molecule is Cc1nc(N2CCOCC2)ncc1C(=O)N1CCN(c2ccc(Cl)cc2)CC1. The quantitative estimate of drug-likeness (QED) is 0.786. The van der Waals surface area contributed by atoms with Crippen molar-refractivity contribution in [1.82, 2.24) is 14.9 Å². The lowest BCUT2D eigenvalue weighted by Crippen LogP contribution is -2.49. The summed E-state index contributed by atoms with van der Waals surface area (Å²) in [6.45, 7) is 7.72. The Balaban J connectivity index is 1.40. The van der Waals surface area contributed by atoms with Crippen LogP contribution in [0.3, 0.4) is 0 Å². The lowest BCUT2D eigenvalue weighted by Gasteiger charge is -2.36. The minimum atomic E-state index is 0.00165. The van der Waals surface area contributed by atoms with Gasteiger partial charge in [0.25, 0.3) is 5.91 Å². The van der Waals surface area contributed by atoms with E-state index in [0.29, 0.717) is 37.8 Å². The molecule has 2 aliphatic rings. The molecule has 2 aromatic rings. The standard InChI is InChI=1S/C20H24ClN5O2/c1-15-18(14-22-20(23-15)26-10-12-28-13-11-26)19(27)25-8-6-24(7-9-25)17-4-2-16(21)3-5-17/h2-5,14H,6-13H2,1H3. The van der Waals surface area contributed by atoms with Crippen LogP contribution in [-0.2, 0) is 4.74 Å². The second-order valence-corrected chi connectivity index (χ2v) is 7.46. The van der Waals surface area contributed by atoms with E-state index < -0.39 is 0 Å². The highest BCUT2D eigenvalue weighted by molar-refractivity contribution is 6.30. The summed E-state index contributed by atoms with van der Waals surface area (Å²) in [7, 11) is 0. The fraction of sp³-hybridized carbons (Fsp3) is 0.450. The first kappa shape index (κ1) is 19.0. The monoisotopic (exact) mass is 401 g/mol. The fourth-order valence-electron chi connectivity index (χ4n) is 3.57. The predicted octanol–water partition coefficient (Wildman–Crippen LogP) is 2.24. The number of carbonyl (C=O) groups excluding carboxylic acids is 1. The molecule has 28 heavy (non-hydrogen) atoms. The maximum absolute atomic E-state index is 13.0. The van der Waals surface area contributed by atoms with Crippen molar-refractivity contribution in [2.24, 2.45) is 0 Å². The number of hydrogen-bond acceptors (Lipinski definition) is 6. The molecular formula is C20H24ClN5O2. The van der Waals surface area contributed by atoms with Gasteiger partial charge in [0.05, 0.1) is 24.5 Å². The van der Waals surface area contributed by atoms with E-state index in [1.807, 2.05) is 36.1 Å². The molecule has 3 heterocycles. The van der Waals surface area contributed by atoms with Crippen LogP contribution < -0.4 is 9.80 Å². The molecule has 0 saturated carbocycles. The first-order chi connectivity index (χ1) is 13.6. The first-order valence-electron chi connectivity index (χ1n) is 9.58. The van der Waals surface area contributed by atoms with E-state index in [9.17, 15) is 4.79 Å². The van der Waals surface area contributed by atoms with Gasteiger partial charge in [-0.3, -0.25) is 4.79 Å². The minimum absolute atomic E-state index is 0.00165. The molecular weight excluding hydrogens is 378 g/mol. The van der Waals surface area contributed by atoms with Crippen LogP contribution in [0.4, 0.5) is 11.6 Å². The average molecular weight is 402 g/mol. The van der Waals surface area contributed by atoms with Gasteiger partial charge in [-0.25, -0.2) is 9.97 Å². The summed E-state index contributed by atoms with van der Waals surface area (Å²) in [5.74, 6) is 0.673. The third kappa shape index (κ3) is 4.05. The Bertz CT molecular complexity index is 831. The van der Waals surface area contributed by atoms with Gasteiger partial charge in [0.1, 0.15) is 0 Å². The topological polar surface area (TPSA) is 61.8 Å². The molecule has 0 N–H and O–H groups in total. The van der Waals surface area contributed by atoms with Gasteiger partial charge in [-0.2, -0.15) is 0 Å². The lowest BCUT2D eigenvalue weighted by atomic mass is 10.2. The molecule has 2 fully saturated rings. The van der Waals surface area contributed by atoms with Crippen molar-refractivity contribution < 1.29 is 9.53 Å². The number of morpholine rings is 1. The van der Waals surface area contributed by atoms with E-state index in [-0.39, 0.29) is 5.91 Å². The summed E-state index contributed by atoms with van der Waals surface area (Å²) in [5, 5.41) is 0.730. The summed E-state index contributed by atoms with van der Waals surface area (Å²) >= 11 is 5.97. The van der Waals surface area contributed by atoms with E-state index in [4.69, 9.17) is 16.3 Å². The Morgan fingerprint density at radius 3 is 2.32 bits per heavy atom. The van der Waals surface area contributed by atoms with E-state index in [0.717, 1.165) is 42.6 Å². The highest BCUT2D eigenvalue weighted by Gasteiger charge is 2.25. The molecule has 1 aromatic heterocycles. The molecule has 0 radical (unpaired) electrons. The highest BCUT2D eigenvalue weighted by atomic mass is 35.5. The third-order valence-electron chi connectivity index (χ3n) is 5.25. The summed E-state index contributed by atoms with van der Waals surface area (Å²) in [5.41, 5.74) is 2.43. The molecule has 2 saturated heterocycles. The molecule has 0 spiro atoms. The van der Waals surface area contributed by atoms with Crippen molar-refractivity contribution in [3.63, 3.8) is 0 Å². The lowest BCUT2D eigenvalue weighted by molar-refractivity contribution is 0.0745. The summed E-state index contributed by atoms with van der Waals surface area (Å²) in [6, 6.07) is 7.82. The van der Waals surface area contributed by atoms with Gasteiger partial charge >= 0.3 is 0 Å². The molecule has 2 aliphatic heterocycles. The maximum atomic E-state index is 13.0. The summed E-state index contributed by atoms with van der Waals surface area (Å²) in [4.78, 5) is 28.2. The zero-order valence-electron chi connectivity index (χ0n) is 16.0. The van der Waals surface area contributed by atoms with Crippen LogP contribution >= 0.6 is 11.6 Å². The number of nitrogens with zero attached hydrogens (tertiary/aromatic N) is 5. The zero-order chi connectivity index (χ0) is 19.5. The van der Waals surface area contributed by atoms with E-state index in [2.05, 4.69) is 19.8 Å². The molecule has 0 atom stereocenters. The van der Waals surface area contributed by atoms with Gasteiger partial charge in [-0.15, -0.1) is 0 Å². The summed E-state index contributed by atoms with van der Waals surface area (Å²) < 4.78 is 5.37. The van der Waals surface area contributed by atoms with Gasteiger partial charge < -0.3 is 19.4 Å². The highest BCUT2D eigenvalue weighted by Crippen LogP contribution is 2.21. The zero-order valence-corrected chi connectivity index (χ0v) is 16.7. The normalized spacial score (nSPS) is 17.7. The molecule has 1 aromatic carbocycles. The van der Waals surface area contributed by atoms with Crippen LogP contribution in [0.1, 0.15) is 16.1 Å². The number of piperazine rings is 1. The number of amides is 1. The molecule has 0 bridgehead atoms. The molecule has 0 aliphatic carbocycles. The Labute approximate surface area is 169 Å². The van der Waals surface area contributed by atoms with Gasteiger partial charge in [0, 0.05) is 56.2 Å². The number of benzene rings is 1. The molecule has 8 heteroatoms. The molecule has 1 amide bonds. The smallest absolute Gasteiger partial charge is 0.257 e. The number of halogens is 1. The van der Waals surface area contributed by atoms with E-state index >= 15 is 0 Å². The fourth-order valence-corrected chi connectivity index (χ4v) is 3.70. The van der Waals surface area contributed by atoms with E-state index in [1.54, 1.807) is 6.20 Å².